The molecule has 1 saturated heterocycles. The Morgan fingerprint density at radius 3 is 2.97 bits per heavy atom. The average Bonchev–Trinajstić information content (AvgIpc) is 3.40. The smallest absolute Gasteiger partial charge is 0.251 e. The van der Waals surface area contributed by atoms with Crippen molar-refractivity contribution in [2.45, 2.75) is 42.5 Å². The molecule has 10 heteroatoms. The molecule has 3 aromatic heterocycles. The summed E-state index contributed by atoms with van der Waals surface area (Å²) in [4.78, 5) is 24.2. The Bertz CT molecular complexity index is 1290. The topological polar surface area (TPSA) is 92.5 Å². The van der Waals surface area contributed by atoms with Crippen LogP contribution in [0, 0.1) is 5.82 Å². The zero-order valence-electron chi connectivity index (χ0n) is 18.0. The number of β-amino-alcohol motifs (C(OH)–C–C–N with tert-alkyl or cyclic N) is 1. The van der Waals surface area contributed by atoms with Gasteiger partial charge in [-0.15, -0.1) is 0 Å². The van der Waals surface area contributed by atoms with Gasteiger partial charge >= 0.3 is 0 Å². The van der Waals surface area contributed by atoms with Gasteiger partial charge in [0.2, 0.25) is 0 Å². The van der Waals surface area contributed by atoms with Crippen molar-refractivity contribution in [2.24, 2.45) is 0 Å². The fourth-order valence-electron chi connectivity index (χ4n) is 5.16. The van der Waals surface area contributed by atoms with E-state index in [0.29, 0.717) is 29.6 Å². The van der Waals surface area contributed by atoms with Crippen LogP contribution in [-0.2, 0) is 18.7 Å². The maximum atomic E-state index is 14.8. The standard InChI is InChI=1S/C23H24FN5O3S/c24-16-9-27-17-1-2-20(30)29-12-23(31,21(16)22(17)29)11-28-5-3-14(4-6-28)25-8-15-7-19-18(10-26-15)32-13-33-19/h1-2,7,9-10,14,25,31H,3-6,8,11-13H2/t23-/m1/s1. The molecular formula is C23H24FN5O3S. The van der Waals surface area contributed by atoms with Crippen molar-refractivity contribution in [3.8, 4) is 5.75 Å². The van der Waals surface area contributed by atoms with Gasteiger partial charge in [0.05, 0.1) is 46.1 Å². The van der Waals surface area contributed by atoms with Crippen LogP contribution in [0.1, 0.15) is 24.1 Å². The lowest BCUT2D eigenvalue weighted by molar-refractivity contribution is -0.0159. The van der Waals surface area contributed by atoms with Gasteiger partial charge in [0, 0.05) is 25.2 Å². The van der Waals surface area contributed by atoms with E-state index in [0.717, 1.165) is 48.5 Å². The quantitative estimate of drug-likeness (QED) is 0.585. The van der Waals surface area contributed by atoms with E-state index in [1.165, 1.54) is 10.6 Å². The number of nitrogens with one attached hydrogen (secondary N) is 1. The summed E-state index contributed by atoms with van der Waals surface area (Å²) in [6, 6.07) is 5.43. The Morgan fingerprint density at radius 2 is 2.12 bits per heavy atom. The van der Waals surface area contributed by atoms with E-state index in [1.54, 1.807) is 24.0 Å². The lowest BCUT2D eigenvalue weighted by atomic mass is 9.93. The number of nitrogens with zero attached hydrogens (tertiary/aromatic N) is 4. The van der Waals surface area contributed by atoms with E-state index in [9.17, 15) is 14.3 Å². The van der Waals surface area contributed by atoms with E-state index < -0.39 is 11.4 Å². The van der Waals surface area contributed by atoms with Gasteiger partial charge in [-0.3, -0.25) is 19.7 Å². The van der Waals surface area contributed by atoms with Crippen LogP contribution in [0.15, 0.2) is 40.3 Å². The molecule has 0 aliphatic carbocycles. The van der Waals surface area contributed by atoms with Gasteiger partial charge in [-0.1, -0.05) is 11.8 Å². The zero-order chi connectivity index (χ0) is 22.6. The van der Waals surface area contributed by atoms with Crippen LogP contribution in [0.3, 0.4) is 0 Å². The maximum absolute atomic E-state index is 14.8. The predicted octanol–water partition coefficient (Wildman–Crippen LogP) is 1.83. The number of hydrogen-bond donors (Lipinski definition) is 2. The molecule has 6 heterocycles. The molecule has 2 N–H and O–H groups in total. The number of fused-ring (bicyclic) bond motifs is 1. The maximum Gasteiger partial charge on any atom is 0.251 e. The molecule has 3 aromatic rings. The first-order chi connectivity index (χ1) is 16.0. The highest BCUT2D eigenvalue weighted by atomic mass is 32.2. The zero-order valence-corrected chi connectivity index (χ0v) is 18.8. The van der Waals surface area contributed by atoms with Gasteiger partial charge in [-0.2, -0.15) is 0 Å². The molecular weight excluding hydrogens is 445 g/mol. The summed E-state index contributed by atoms with van der Waals surface area (Å²) in [6.07, 6.45) is 4.76. The number of thioether (sulfide) groups is 1. The number of hydrogen-bond acceptors (Lipinski definition) is 8. The predicted molar refractivity (Wildman–Crippen MR) is 122 cm³/mol. The molecule has 0 bridgehead atoms. The van der Waals surface area contributed by atoms with E-state index in [1.807, 2.05) is 0 Å². The third-order valence-corrected chi connectivity index (χ3v) is 7.67. The minimum Gasteiger partial charge on any atom is -0.480 e. The summed E-state index contributed by atoms with van der Waals surface area (Å²) >= 11 is 1.68. The highest BCUT2D eigenvalue weighted by Crippen LogP contribution is 2.38. The summed E-state index contributed by atoms with van der Waals surface area (Å²) in [5.74, 6) is 0.936. The summed E-state index contributed by atoms with van der Waals surface area (Å²) < 4.78 is 21.7. The first kappa shape index (κ1) is 21.0. The van der Waals surface area contributed by atoms with Crippen molar-refractivity contribution < 1.29 is 14.2 Å². The number of halogens is 1. The first-order valence-corrected chi connectivity index (χ1v) is 12.1. The SMILES string of the molecule is O=c1ccc2ncc(F)c3c2n1C[C@]3(O)CN1CCC(NCc2cc3c(cn2)OCS3)CC1. The number of aromatic nitrogens is 3. The number of ether oxygens (including phenoxy) is 1. The van der Waals surface area contributed by atoms with Crippen LogP contribution >= 0.6 is 11.8 Å². The Kier molecular flexibility index (Phi) is 5.13. The fourth-order valence-corrected chi connectivity index (χ4v) is 5.95. The summed E-state index contributed by atoms with van der Waals surface area (Å²) in [6.45, 7) is 2.58. The average molecular weight is 470 g/mol. The Balaban J connectivity index is 1.10. The molecule has 0 amide bonds. The van der Waals surface area contributed by atoms with Crippen molar-refractivity contribution >= 4 is 22.8 Å². The molecule has 3 aliphatic rings. The van der Waals surface area contributed by atoms with Crippen molar-refractivity contribution in [3.63, 3.8) is 0 Å². The van der Waals surface area contributed by atoms with Gasteiger partial charge in [-0.25, -0.2) is 4.39 Å². The molecule has 0 aromatic carbocycles. The van der Waals surface area contributed by atoms with Crippen molar-refractivity contribution in [1.29, 1.82) is 0 Å². The van der Waals surface area contributed by atoms with Gasteiger partial charge in [-0.05, 0) is 38.1 Å². The van der Waals surface area contributed by atoms with E-state index in [2.05, 4.69) is 26.3 Å². The van der Waals surface area contributed by atoms with Crippen molar-refractivity contribution in [1.82, 2.24) is 24.8 Å². The van der Waals surface area contributed by atoms with Crippen LogP contribution in [0.25, 0.3) is 11.0 Å². The molecule has 0 saturated carbocycles. The monoisotopic (exact) mass is 469 g/mol. The number of pyridine rings is 3. The molecule has 3 aliphatic heterocycles. The van der Waals surface area contributed by atoms with Crippen LogP contribution < -0.4 is 15.6 Å². The summed E-state index contributed by atoms with van der Waals surface area (Å²) in [5, 5.41) is 15.1. The van der Waals surface area contributed by atoms with Gasteiger partial charge < -0.3 is 19.7 Å². The number of rotatable bonds is 5. The van der Waals surface area contributed by atoms with Crippen molar-refractivity contribution in [2.75, 3.05) is 25.6 Å². The van der Waals surface area contributed by atoms with Crippen LogP contribution in [0.5, 0.6) is 5.75 Å². The molecule has 172 valence electrons. The minimum absolute atomic E-state index is 0.0466. The number of aliphatic hydroxyl groups is 1. The van der Waals surface area contributed by atoms with Crippen LogP contribution in [-0.4, -0.2) is 56.2 Å². The van der Waals surface area contributed by atoms with Crippen molar-refractivity contribution in [3.05, 3.63) is 58.0 Å². The second-order valence-electron chi connectivity index (χ2n) is 8.96. The third kappa shape index (κ3) is 3.71. The van der Waals surface area contributed by atoms with Gasteiger partial charge in [0.15, 0.2) is 5.75 Å². The molecule has 0 unspecified atom stereocenters. The summed E-state index contributed by atoms with van der Waals surface area (Å²) in [7, 11) is 0. The first-order valence-electron chi connectivity index (χ1n) is 11.1. The van der Waals surface area contributed by atoms with Crippen LogP contribution in [0.2, 0.25) is 0 Å². The van der Waals surface area contributed by atoms with Gasteiger partial charge in [0.25, 0.3) is 5.56 Å². The molecule has 8 nitrogen and oxygen atoms in total. The van der Waals surface area contributed by atoms with Crippen LogP contribution in [0.4, 0.5) is 4.39 Å². The lowest BCUT2D eigenvalue weighted by Crippen LogP contribution is -2.48. The Morgan fingerprint density at radius 1 is 1.27 bits per heavy atom. The van der Waals surface area contributed by atoms with E-state index in [-0.39, 0.29) is 24.2 Å². The molecule has 1 atom stereocenters. The molecule has 0 radical (unpaired) electrons. The second-order valence-corrected chi connectivity index (χ2v) is 9.93. The molecule has 6 rings (SSSR count). The largest absolute Gasteiger partial charge is 0.480 e. The van der Waals surface area contributed by atoms with E-state index in [4.69, 9.17) is 4.74 Å². The second kappa shape index (κ2) is 8.05. The third-order valence-electron chi connectivity index (χ3n) is 6.80. The van der Waals surface area contributed by atoms with Gasteiger partial charge in [0.1, 0.15) is 17.4 Å². The number of likely N-dealkylation sites (tertiary alicyclic amines) is 1. The molecule has 0 spiro atoms. The van der Waals surface area contributed by atoms with E-state index >= 15 is 0 Å². The summed E-state index contributed by atoms with van der Waals surface area (Å²) in [5.41, 5.74) is 0.416. The highest BCUT2D eigenvalue weighted by molar-refractivity contribution is 7.99. The normalized spacial score (nSPS) is 22.6. The minimum atomic E-state index is -1.45. The molecule has 1 fully saturated rings. The highest BCUT2D eigenvalue weighted by Gasteiger charge is 2.43. The number of piperidine rings is 1. The Labute approximate surface area is 193 Å². The molecule has 33 heavy (non-hydrogen) atoms. The lowest BCUT2D eigenvalue weighted by Gasteiger charge is -2.37. The Hall–Kier alpha value is -2.53. The fraction of sp³-hybridized carbons (Fsp3) is 0.435.